The number of rotatable bonds is 5. The predicted octanol–water partition coefficient (Wildman–Crippen LogP) is 1.82. The van der Waals surface area contributed by atoms with Crippen molar-refractivity contribution in [2.75, 3.05) is 32.1 Å². The van der Waals surface area contributed by atoms with E-state index in [2.05, 4.69) is 43.3 Å². The van der Waals surface area contributed by atoms with E-state index in [-0.39, 0.29) is 29.8 Å². The minimum Gasteiger partial charge on any atom is -1.00 e. The standard InChI is InChI=1S/C24H32FN2.HI/c1-27(2)16-8-7-11-22(27)14-15-26(24-13-6-5-12-23(24)25)21-17-19-9-3-4-10-20(19)18-21;/h3-6,9-10,12-13,21-22H,7-8,11,14-18H2,1-2H3;1H/q+1;/p-1. The molecule has 1 saturated heterocycles. The zero-order valence-corrected chi connectivity index (χ0v) is 19.2. The van der Waals surface area contributed by atoms with Crippen LogP contribution in [0, 0.1) is 5.82 Å². The average Bonchev–Trinajstić information content (AvgIpc) is 3.08. The van der Waals surface area contributed by atoms with Gasteiger partial charge in [-0.2, -0.15) is 0 Å². The Morgan fingerprint density at radius 3 is 2.25 bits per heavy atom. The van der Waals surface area contributed by atoms with Gasteiger partial charge in [0.2, 0.25) is 0 Å². The van der Waals surface area contributed by atoms with Crippen LogP contribution in [-0.4, -0.2) is 43.8 Å². The van der Waals surface area contributed by atoms with Crippen LogP contribution >= 0.6 is 0 Å². The number of likely N-dealkylation sites (tertiary alicyclic amines) is 1. The van der Waals surface area contributed by atoms with E-state index in [0.29, 0.717) is 12.1 Å². The van der Waals surface area contributed by atoms with E-state index in [1.807, 2.05) is 12.1 Å². The molecule has 1 aliphatic heterocycles. The van der Waals surface area contributed by atoms with Gasteiger partial charge in [-0.15, -0.1) is 0 Å². The molecule has 0 spiro atoms. The third-order valence-corrected chi connectivity index (χ3v) is 6.85. The number of nitrogens with zero attached hydrogens (tertiary/aromatic N) is 2. The summed E-state index contributed by atoms with van der Waals surface area (Å²) in [5.41, 5.74) is 3.63. The van der Waals surface area contributed by atoms with Gasteiger partial charge < -0.3 is 33.4 Å². The Balaban J connectivity index is 0.00000225. The molecule has 0 radical (unpaired) electrons. The molecule has 0 aromatic heterocycles. The minimum absolute atomic E-state index is 0. The van der Waals surface area contributed by atoms with E-state index in [1.54, 1.807) is 12.1 Å². The summed E-state index contributed by atoms with van der Waals surface area (Å²) < 4.78 is 15.8. The van der Waals surface area contributed by atoms with E-state index in [9.17, 15) is 4.39 Å². The SMILES string of the molecule is C[N+]1(C)CCCCC1CCN(c1ccccc1F)C1Cc2ccccc2C1.[I-]. The van der Waals surface area contributed by atoms with Crippen LogP contribution in [0.5, 0.6) is 0 Å². The largest absolute Gasteiger partial charge is 1.00 e. The maximum Gasteiger partial charge on any atom is 0.146 e. The Bertz CT molecular complexity index is 767. The molecule has 1 atom stereocenters. The smallest absolute Gasteiger partial charge is 0.146 e. The van der Waals surface area contributed by atoms with E-state index in [4.69, 9.17) is 0 Å². The molecule has 0 bridgehead atoms. The highest BCUT2D eigenvalue weighted by Gasteiger charge is 2.34. The number of halogens is 2. The first kappa shape index (κ1) is 21.6. The van der Waals surface area contributed by atoms with Gasteiger partial charge in [0.25, 0.3) is 0 Å². The lowest BCUT2D eigenvalue weighted by molar-refractivity contribution is -0.920. The van der Waals surface area contributed by atoms with Crippen molar-refractivity contribution in [2.24, 2.45) is 0 Å². The summed E-state index contributed by atoms with van der Waals surface area (Å²) in [5.74, 6) is -0.0918. The van der Waals surface area contributed by atoms with Crippen LogP contribution < -0.4 is 28.9 Å². The Morgan fingerprint density at radius 2 is 1.61 bits per heavy atom. The Morgan fingerprint density at radius 1 is 0.964 bits per heavy atom. The second-order valence-electron chi connectivity index (χ2n) is 8.92. The first-order valence-electron chi connectivity index (χ1n) is 10.5. The first-order valence-corrected chi connectivity index (χ1v) is 10.5. The van der Waals surface area contributed by atoms with Gasteiger partial charge >= 0.3 is 0 Å². The van der Waals surface area contributed by atoms with Crippen molar-refractivity contribution in [2.45, 2.75) is 50.6 Å². The molecule has 1 aliphatic carbocycles. The van der Waals surface area contributed by atoms with Gasteiger partial charge in [0.15, 0.2) is 0 Å². The molecular weight excluding hydrogens is 462 g/mol. The third kappa shape index (κ3) is 4.54. The van der Waals surface area contributed by atoms with Crippen molar-refractivity contribution < 1.29 is 32.9 Å². The molecule has 1 heterocycles. The number of piperidine rings is 1. The second kappa shape index (κ2) is 9.12. The maximum atomic E-state index is 14.7. The zero-order valence-electron chi connectivity index (χ0n) is 17.1. The Hall–Kier alpha value is -1.14. The van der Waals surface area contributed by atoms with Crippen molar-refractivity contribution in [3.05, 3.63) is 65.5 Å². The lowest BCUT2D eigenvalue weighted by atomic mass is 9.96. The lowest BCUT2D eigenvalue weighted by Gasteiger charge is -2.43. The molecule has 28 heavy (non-hydrogen) atoms. The van der Waals surface area contributed by atoms with Gasteiger partial charge in [-0.1, -0.05) is 36.4 Å². The van der Waals surface area contributed by atoms with Gasteiger partial charge in [0.05, 0.1) is 32.4 Å². The van der Waals surface area contributed by atoms with Gasteiger partial charge in [-0.3, -0.25) is 0 Å². The molecular formula is C24H32FIN2. The van der Waals surface area contributed by atoms with Crippen molar-refractivity contribution in [3.8, 4) is 0 Å². The van der Waals surface area contributed by atoms with Crippen molar-refractivity contribution in [1.29, 1.82) is 0 Å². The number of quaternary nitrogens is 1. The van der Waals surface area contributed by atoms with E-state index >= 15 is 0 Å². The number of fused-ring (bicyclic) bond motifs is 1. The van der Waals surface area contributed by atoms with E-state index in [1.165, 1.54) is 36.9 Å². The lowest BCUT2D eigenvalue weighted by Crippen LogP contribution is -3.00. The number of hydrogen-bond acceptors (Lipinski definition) is 1. The fraction of sp³-hybridized carbons (Fsp3) is 0.500. The molecule has 1 fully saturated rings. The normalized spacial score (nSPS) is 21.0. The molecule has 2 aliphatic rings. The molecule has 2 aromatic rings. The highest BCUT2D eigenvalue weighted by atomic mass is 127. The summed E-state index contributed by atoms with van der Waals surface area (Å²) in [6, 6.07) is 17.1. The predicted molar refractivity (Wildman–Crippen MR) is 111 cm³/mol. The molecule has 0 N–H and O–H groups in total. The van der Waals surface area contributed by atoms with Crippen molar-refractivity contribution in [1.82, 2.24) is 0 Å². The van der Waals surface area contributed by atoms with E-state index in [0.717, 1.165) is 36.0 Å². The summed E-state index contributed by atoms with van der Waals surface area (Å²) in [6.45, 7) is 2.20. The number of para-hydroxylation sites is 1. The zero-order chi connectivity index (χ0) is 18.9. The van der Waals surface area contributed by atoms with Crippen LogP contribution in [0.1, 0.15) is 36.8 Å². The molecule has 2 aromatic carbocycles. The number of benzene rings is 2. The Labute approximate surface area is 186 Å². The summed E-state index contributed by atoms with van der Waals surface area (Å²) in [7, 11) is 4.73. The van der Waals surface area contributed by atoms with Crippen LogP contribution in [0.15, 0.2) is 48.5 Å². The van der Waals surface area contributed by atoms with Crippen molar-refractivity contribution in [3.63, 3.8) is 0 Å². The fourth-order valence-corrected chi connectivity index (χ4v) is 5.15. The molecule has 4 rings (SSSR count). The summed E-state index contributed by atoms with van der Waals surface area (Å²) in [6.07, 6.45) is 7.14. The third-order valence-electron chi connectivity index (χ3n) is 6.85. The van der Waals surface area contributed by atoms with Gasteiger partial charge in [0.1, 0.15) is 5.82 Å². The summed E-state index contributed by atoms with van der Waals surface area (Å²) >= 11 is 0. The second-order valence-corrected chi connectivity index (χ2v) is 8.92. The highest BCUT2D eigenvalue weighted by Crippen LogP contribution is 2.32. The molecule has 152 valence electrons. The van der Waals surface area contributed by atoms with Crippen LogP contribution in [0.2, 0.25) is 0 Å². The first-order chi connectivity index (χ1) is 13.0. The van der Waals surface area contributed by atoms with Gasteiger partial charge in [0, 0.05) is 19.0 Å². The van der Waals surface area contributed by atoms with Crippen LogP contribution in [0.3, 0.4) is 0 Å². The molecule has 1 unspecified atom stereocenters. The molecule has 0 saturated carbocycles. The number of anilines is 1. The van der Waals surface area contributed by atoms with Crippen LogP contribution in [0.4, 0.5) is 10.1 Å². The highest BCUT2D eigenvalue weighted by molar-refractivity contribution is 5.51. The summed E-state index contributed by atoms with van der Waals surface area (Å²) in [5, 5.41) is 0. The maximum absolute atomic E-state index is 14.7. The number of hydrogen-bond donors (Lipinski definition) is 0. The van der Waals surface area contributed by atoms with Crippen LogP contribution in [-0.2, 0) is 12.8 Å². The quantitative estimate of drug-likeness (QED) is 0.453. The van der Waals surface area contributed by atoms with Gasteiger partial charge in [-0.05, 0) is 55.4 Å². The monoisotopic (exact) mass is 494 g/mol. The Kier molecular flexibility index (Phi) is 7.02. The van der Waals surface area contributed by atoms with Gasteiger partial charge in [-0.25, -0.2) is 4.39 Å². The fourth-order valence-electron chi connectivity index (χ4n) is 5.15. The summed E-state index contributed by atoms with van der Waals surface area (Å²) in [4.78, 5) is 2.37. The topological polar surface area (TPSA) is 3.24 Å². The van der Waals surface area contributed by atoms with Crippen LogP contribution in [0.25, 0.3) is 0 Å². The van der Waals surface area contributed by atoms with Crippen molar-refractivity contribution >= 4 is 5.69 Å². The molecule has 2 nitrogen and oxygen atoms in total. The minimum atomic E-state index is -0.0918. The average molecular weight is 494 g/mol. The molecule has 0 amide bonds. The van der Waals surface area contributed by atoms with E-state index < -0.39 is 0 Å². The molecule has 4 heteroatoms.